The number of alkyl halides is 3. The number of aliphatic hydroxyl groups is 1. The first-order valence-corrected chi connectivity index (χ1v) is 9.44. The van der Waals surface area contributed by atoms with E-state index in [4.69, 9.17) is 4.74 Å². The van der Waals surface area contributed by atoms with E-state index in [0.717, 1.165) is 30.2 Å². The monoisotopic (exact) mass is 428 g/mol. The highest BCUT2D eigenvalue weighted by Crippen LogP contribution is 2.30. The Labute approximate surface area is 167 Å². The van der Waals surface area contributed by atoms with Crippen molar-refractivity contribution in [3.8, 4) is 5.75 Å². The van der Waals surface area contributed by atoms with Gasteiger partial charge < -0.3 is 20.1 Å². The summed E-state index contributed by atoms with van der Waals surface area (Å²) in [6.45, 7) is 0.871. The van der Waals surface area contributed by atoms with Crippen LogP contribution in [0.2, 0.25) is 0 Å². The lowest BCUT2D eigenvalue weighted by Gasteiger charge is -2.26. The number of carbonyl (C=O) groups excluding carboxylic acids is 1. The molecule has 1 aromatic carbocycles. The molecule has 0 radical (unpaired) electrons. The van der Waals surface area contributed by atoms with Crippen molar-refractivity contribution >= 4 is 30.1 Å². The highest BCUT2D eigenvalue weighted by atomic mass is 35.5. The van der Waals surface area contributed by atoms with E-state index < -0.39 is 17.8 Å². The molecule has 2 rings (SSSR count). The summed E-state index contributed by atoms with van der Waals surface area (Å²) in [7, 11) is 1.61. The topological polar surface area (TPSA) is 61.8 Å². The van der Waals surface area contributed by atoms with Crippen LogP contribution in [0.4, 0.5) is 13.2 Å². The molecule has 2 atom stereocenters. The third kappa shape index (κ3) is 8.16. The van der Waals surface area contributed by atoms with Gasteiger partial charge in [0.2, 0.25) is 5.91 Å². The molecule has 2 N–H and O–H groups in total. The zero-order chi connectivity index (χ0) is 19.2. The Balaban J connectivity index is 0.00000364. The van der Waals surface area contributed by atoms with Crippen LogP contribution in [0.5, 0.6) is 5.75 Å². The Morgan fingerprint density at radius 3 is 2.63 bits per heavy atom. The van der Waals surface area contributed by atoms with Crippen molar-refractivity contribution in [1.82, 2.24) is 10.2 Å². The second-order valence-electron chi connectivity index (χ2n) is 6.19. The van der Waals surface area contributed by atoms with Gasteiger partial charge >= 0.3 is 6.18 Å². The quantitative estimate of drug-likeness (QED) is 0.698. The van der Waals surface area contributed by atoms with Gasteiger partial charge in [-0.25, -0.2) is 0 Å². The lowest BCUT2D eigenvalue weighted by atomic mass is 10.2. The minimum absolute atomic E-state index is 0. The molecule has 1 heterocycles. The Bertz CT molecular complexity index is 584. The molecular formula is C17H24ClF3N2O3S. The molecule has 1 fully saturated rings. The number of benzene rings is 1. The normalized spacial score (nSPS) is 18.3. The van der Waals surface area contributed by atoms with Crippen molar-refractivity contribution in [1.29, 1.82) is 0 Å². The molecule has 5 nitrogen and oxygen atoms in total. The summed E-state index contributed by atoms with van der Waals surface area (Å²) in [5.74, 6) is 2.09. The van der Waals surface area contributed by atoms with Gasteiger partial charge in [-0.1, -0.05) is 0 Å². The third-order valence-corrected chi connectivity index (χ3v) is 5.08. The molecule has 0 spiro atoms. The van der Waals surface area contributed by atoms with Crippen LogP contribution in [-0.2, 0) is 11.0 Å². The molecule has 0 saturated carbocycles. The van der Waals surface area contributed by atoms with Gasteiger partial charge in [-0.2, -0.15) is 24.9 Å². The average Bonchev–Trinajstić information content (AvgIpc) is 2.60. The number of rotatable bonds is 7. The van der Waals surface area contributed by atoms with Crippen molar-refractivity contribution in [2.75, 3.05) is 38.2 Å². The number of nitrogens with zero attached hydrogens (tertiary/aromatic N) is 1. The van der Waals surface area contributed by atoms with Crippen LogP contribution in [0.15, 0.2) is 24.3 Å². The second kappa shape index (κ2) is 11.0. The maximum absolute atomic E-state index is 12.5. The molecule has 0 aliphatic carbocycles. The Hall–Kier alpha value is -1.16. The molecule has 0 bridgehead atoms. The average molecular weight is 429 g/mol. The van der Waals surface area contributed by atoms with Gasteiger partial charge in [0, 0.05) is 44.1 Å². The number of halogens is 4. The predicted octanol–water partition coefficient (Wildman–Crippen LogP) is 2.42. The lowest BCUT2D eigenvalue weighted by molar-refractivity contribution is -0.137. The third-order valence-electron chi connectivity index (χ3n) is 3.95. The van der Waals surface area contributed by atoms with Crippen LogP contribution in [0.1, 0.15) is 12.0 Å². The van der Waals surface area contributed by atoms with Gasteiger partial charge in [0.15, 0.2) is 0 Å². The zero-order valence-electron chi connectivity index (χ0n) is 14.9. The van der Waals surface area contributed by atoms with E-state index in [9.17, 15) is 23.1 Å². The fraction of sp³-hybridized carbons (Fsp3) is 0.588. The predicted molar refractivity (Wildman–Crippen MR) is 102 cm³/mol. The molecular weight excluding hydrogens is 405 g/mol. The van der Waals surface area contributed by atoms with Crippen molar-refractivity contribution in [3.05, 3.63) is 29.8 Å². The highest BCUT2D eigenvalue weighted by molar-refractivity contribution is 7.99. The summed E-state index contributed by atoms with van der Waals surface area (Å²) in [4.78, 5) is 13.6. The van der Waals surface area contributed by atoms with Crippen molar-refractivity contribution in [2.45, 2.75) is 24.7 Å². The number of thioether (sulfide) groups is 1. The summed E-state index contributed by atoms with van der Waals surface area (Å²) >= 11 is 1.81. The summed E-state index contributed by atoms with van der Waals surface area (Å²) in [5.41, 5.74) is -0.759. The van der Waals surface area contributed by atoms with Gasteiger partial charge in [-0.3, -0.25) is 4.79 Å². The molecule has 27 heavy (non-hydrogen) atoms. The number of amides is 1. The van der Waals surface area contributed by atoms with Crippen LogP contribution < -0.4 is 10.1 Å². The molecule has 1 amide bonds. The van der Waals surface area contributed by atoms with E-state index >= 15 is 0 Å². The Kier molecular flexibility index (Phi) is 9.72. The Morgan fingerprint density at radius 1 is 1.41 bits per heavy atom. The summed E-state index contributed by atoms with van der Waals surface area (Å²) < 4.78 is 42.8. The molecule has 1 saturated heterocycles. The van der Waals surface area contributed by atoms with E-state index in [-0.39, 0.29) is 43.3 Å². The molecule has 2 unspecified atom stereocenters. The van der Waals surface area contributed by atoms with Crippen LogP contribution in [0.25, 0.3) is 0 Å². The maximum Gasteiger partial charge on any atom is 0.416 e. The minimum atomic E-state index is -4.40. The first kappa shape index (κ1) is 23.9. The highest BCUT2D eigenvalue weighted by Gasteiger charge is 2.30. The van der Waals surface area contributed by atoms with Crippen molar-refractivity contribution in [2.24, 2.45) is 0 Å². The summed E-state index contributed by atoms with van der Waals surface area (Å²) in [5, 5.41) is 13.3. The van der Waals surface area contributed by atoms with Crippen LogP contribution in [-0.4, -0.2) is 66.3 Å². The number of carbonyl (C=O) groups is 1. The fourth-order valence-corrected chi connectivity index (χ4v) is 3.47. The number of hydrogen-bond donors (Lipinski definition) is 2. The summed E-state index contributed by atoms with van der Waals surface area (Å²) in [6, 6.07) is 4.40. The lowest BCUT2D eigenvalue weighted by Crippen LogP contribution is -2.43. The molecule has 154 valence electrons. The van der Waals surface area contributed by atoms with Crippen LogP contribution in [0, 0.1) is 0 Å². The number of hydrogen-bond acceptors (Lipinski definition) is 5. The van der Waals surface area contributed by atoms with Crippen LogP contribution in [0.3, 0.4) is 0 Å². The standard InChI is InChI=1S/C17H23F3N2O3S.ClH/c1-22(16(24)8-13-11-26-7-6-21-13)9-14(23)10-25-15-4-2-12(3-5-15)17(18,19)20;/h2-5,13-14,21,23H,6-11H2,1H3;1H. The van der Waals surface area contributed by atoms with Gasteiger partial charge in [-0.05, 0) is 24.3 Å². The van der Waals surface area contributed by atoms with E-state index in [1.54, 1.807) is 18.8 Å². The number of aliphatic hydroxyl groups excluding tert-OH is 1. The number of likely N-dealkylation sites (N-methyl/N-ethyl adjacent to an activating group) is 1. The van der Waals surface area contributed by atoms with Gasteiger partial charge in [0.05, 0.1) is 5.56 Å². The van der Waals surface area contributed by atoms with Crippen molar-refractivity contribution < 1.29 is 27.8 Å². The Morgan fingerprint density at radius 2 is 2.07 bits per heavy atom. The van der Waals surface area contributed by atoms with Crippen molar-refractivity contribution in [3.63, 3.8) is 0 Å². The molecule has 10 heteroatoms. The first-order chi connectivity index (χ1) is 12.3. The molecule has 1 aliphatic rings. The summed E-state index contributed by atoms with van der Waals surface area (Å²) in [6.07, 6.45) is -4.96. The van der Waals surface area contributed by atoms with Crippen LogP contribution >= 0.6 is 24.2 Å². The number of ether oxygens (including phenoxy) is 1. The molecule has 0 aromatic heterocycles. The minimum Gasteiger partial charge on any atom is -0.491 e. The fourth-order valence-electron chi connectivity index (χ4n) is 2.52. The molecule has 1 aromatic rings. The first-order valence-electron chi connectivity index (χ1n) is 8.29. The zero-order valence-corrected chi connectivity index (χ0v) is 16.5. The largest absolute Gasteiger partial charge is 0.491 e. The van der Waals surface area contributed by atoms with E-state index in [1.165, 1.54) is 17.0 Å². The van der Waals surface area contributed by atoms with Gasteiger partial charge in [0.1, 0.15) is 18.5 Å². The smallest absolute Gasteiger partial charge is 0.416 e. The number of nitrogens with one attached hydrogen (secondary N) is 1. The van der Waals surface area contributed by atoms with Gasteiger partial charge in [0.25, 0.3) is 0 Å². The van der Waals surface area contributed by atoms with Gasteiger partial charge in [-0.15, -0.1) is 12.4 Å². The van der Waals surface area contributed by atoms with E-state index in [1.807, 2.05) is 0 Å². The van der Waals surface area contributed by atoms with E-state index in [0.29, 0.717) is 6.42 Å². The van der Waals surface area contributed by atoms with E-state index in [2.05, 4.69) is 5.32 Å². The second-order valence-corrected chi connectivity index (χ2v) is 7.34. The SMILES string of the molecule is CN(CC(O)COc1ccc(C(F)(F)F)cc1)C(=O)CC1CSCCN1.Cl. The molecule has 1 aliphatic heterocycles. The maximum atomic E-state index is 12.5.